The van der Waals surface area contributed by atoms with Crippen molar-refractivity contribution >= 4 is 17.4 Å². The van der Waals surface area contributed by atoms with E-state index < -0.39 is 0 Å². The largest absolute Gasteiger partial charge is 0.385 e. The molecule has 1 atom stereocenters. The lowest BCUT2D eigenvalue weighted by molar-refractivity contribution is 0.192. The SMILES string of the molecule is COCCCCCCSC1CCCCN1c1ccc(C#N)cc1. The molecular formula is C19H28N2OS. The lowest BCUT2D eigenvalue weighted by atomic mass is 10.1. The second-order valence-corrected chi connectivity index (χ2v) is 7.37. The molecule has 1 saturated heterocycles. The molecule has 2 rings (SSSR count). The first-order chi connectivity index (χ1) is 11.3. The fourth-order valence-electron chi connectivity index (χ4n) is 3.02. The van der Waals surface area contributed by atoms with Gasteiger partial charge < -0.3 is 9.64 Å². The van der Waals surface area contributed by atoms with Gasteiger partial charge in [-0.3, -0.25) is 0 Å². The Morgan fingerprint density at radius 3 is 2.70 bits per heavy atom. The van der Waals surface area contributed by atoms with Crippen molar-refractivity contribution < 1.29 is 4.74 Å². The third kappa shape index (κ3) is 6.08. The Morgan fingerprint density at radius 1 is 1.17 bits per heavy atom. The summed E-state index contributed by atoms with van der Waals surface area (Å²) in [4.78, 5) is 2.53. The van der Waals surface area contributed by atoms with Gasteiger partial charge in [0.15, 0.2) is 0 Å². The Hall–Kier alpha value is -1.18. The molecule has 3 nitrogen and oxygen atoms in total. The molecule has 0 N–H and O–H groups in total. The highest BCUT2D eigenvalue weighted by Gasteiger charge is 2.22. The van der Waals surface area contributed by atoms with E-state index in [0.717, 1.165) is 18.7 Å². The van der Waals surface area contributed by atoms with E-state index in [1.165, 1.54) is 56.4 Å². The molecule has 126 valence electrons. The molecule has 23 heavy (non-hydrogen) atoms. The molecule has 1 aliphatic heterocycles. The van der Waals surface area contributed by atoms with E-state index in [4.69, 9.17) is 10.00 Å². The Morgan fingerprint density at radius 2 is 1.96 bits per heavy atom. The average Bonchev–Trinajstić information content (AvgIpc) is 2.61. The number of rotatable bonds is 9. The fourth-order valence-corrected chi connectivity index (χ4v) is 4.40. The second-order valence-electron chi connectivity index (χ2n) is 6.08. The molecule has 0 amide bonds. The van der Waals surface area contributed by atoms with Crippen molar-refractivity contribution in [2.45, 2.75) is 50.3 Å². The van der Waals surface area contributed by atoms with E-state index in [1.54, 1.807) is 7.11 Å². The minimum absolute atomic E-state index is 0.593. The molecular weight excluding hydrogens is 304 g/mol. The quantitative estimate of drug-likeness (QED) is 0.608. The van der Waals surface area contributed by atoms with E-state index >= 15 is 0 Å². The molecule has 0 radical (unpaired) electrons. The lowest BCUT2D eigenvalue weighted by Gasteiger charge is -2.37. The number of ether oxygens (including phenoxy) is 1. The van der Waals surface area contributed by atoms with Crippen molar-refractivity contribution in [2.75, 3.05) is 30.9 Å². The van der Waals surface area contributed by atoms with Crippen molar-refractivity contribution in [1.82, 2.24) is 0 Å². The summed E-state index contributed by atoms with van der Waals surface area (Å²) >= 11 is 2.10. The van der Waals surface area contributed by atoms with Gasteiger partial charge in [-0.15, -0.1) is 11.8 Å². The molecule has 1 heterocycles. The van der Waals surface area contributed by atoms with Crippen LogP contribution in [0.1, 0.15) is 50.5 Å². The highest BCUT2D eigenvalue weighted by Crippen LogP contribution is 2.31. The van der Waals surface area contributed by atoms with Gasteiger partial charge in [0.1, 0.15) is 0 Å². The molecule has 1 aliphatic rings. The summed E-state index contributed by atoms with van der Waals surface area (Å²) in [5.41, 5.74) is 2.01. The maximum Gasteiger partial charge on any atom is 0.0991 e. The molecule has 0 saturated carbocycles. The lowest BCUT2D eigenvalue weighted by Crippen LogP contribution is -2.37. The number of benzene rings is 1. The van der Waals surface area contributed by atoms with Crippen LogP contribution in [0.5, 0.6) is 0 Å². The molecule has 0 spiro atoms. The minimum Gasteiger partial charge on any atom is -0.385 e. The molecule has 4 heteroatoms. The number of methoxy groups -OCH3 is 1. The summed E-state index contributed by atoms with van der Waals surface area (Å²) < 4.78 is 5.09. The minimum atomic E-state index is 0.593. The molecule has 1 aromatic carbocycles. The zero-order valence-corrected chi connectivity index (χ0v) is 15.0. The highest BCUT2D eigenvalue weighted by molar-refractivity contribution is 8.00. The van der Waals surface area contributed by atoms with Crippen LogP contribution in [0.25, 0.3) is 0 Å². The van der Waals surface area contributed by atoms with Crippen molar-refractivity contribution in [3.8, 4) is 6.07 Å². The van der Waals surface area contributed by atoms with Gasteiger partial charge in [0.05, 0.1) is 17.0 Å². The van der Waals surface area contributed by atoms with Crippen LogP contribution >= 0.6 is 11.8 Å². The summed E-state index contributed by atoms with van der Waals surface area (Å²) in [6, 6.07) is 10.3. The molecule has 1 fully saturated rings. The molecule has 0 bridgehead atoms. The van der Waals surface area contributed by atoms with E-state index in [9.17, 15) is 0 Å². The van der Waals surface area contributed by atoms with Gasteiger partial charge in [-0.2, -0.15) is 5.26 Å². The number of nitriles is 1. The van der Waals surface area contributed by atoms with Gasteiger partial charge in [0, 0.05) is 25.9 Å². The van der Waals surface area contributed by atoms with Crippen molar-refractivity contribution in [3.63, 3.8) is 0 Å². The van der Waals surface area contributed by atoms with E-state index in [2.05, 4.69) is 34.9 Å². The number of hydrogen-bond donors (Lipinski definition) is 0. The van der Waals surface area contributed by atoms with Crippen molar-refractivity contribution in [3.05, 3.63) is 29.8 Å². The molecule has 0 aliphatic carbocycles. The number of unbranched alkanes of at least 4 members (excludes halogenated alkanes) is 3. The number of thioether (sulfide) groups is 1. The van der Waals surface area contributed by atoms with Crippen LogP contribution in [0.15, 0.2) is 24.3 Å². The van der Waals surface area contributed by atoms with Crippen LogP contribution in [0.4, 0.5) is 5.69 Å². The Balaban J connectivity index is 1.78. The summed E-state index contributed by atoms with van der Waals surface area (Å²) in [6.45, 7) is 2.03. The maximum absolute atomic E-state index is 8.94. The van der Waals surface area contributed by atoms with E-state index in [1.807, 2.05) is 12.1 Å². The van der Waals surface area contributed by atoms with Crippen LogP contribution in [-0.4, -0.2) is 31.4 Å². The summed E-state index contributed by atoms with van der Waals surface area (Å²) in [6.07, 6.45) is 8.94. The van der Waals surface area contributed by atoms with Gasteiger partial charge in [0.25, 0.3) is 0 Å². The molecule has 0 aromatic heterocycles. The first-order valence-electron chi connectivity index (χ1n) is 8.72. The first-order valence-corrected chi connectivity index (χ1v) is 9.77. The molecule has 1 unspecified atom stereocenters. The smallest absolute Gasteiger partial charge is 0.0991 e. The fraction of sp³-hybridized carbons (Fsp3) is 0.632. The highest BCUT2D eigenvalue weighted by atomic mass is 32.2. The van der Waals surface area contributed by atoms with Crippen LogP contribution in [0.2, 0.25) is 0 Å². The maximum atomic E-state index is 8.94. The zero-order chi connectivity index (χ0) is 16.3. The van der Waals surface area contributed by atoms with Gasteiger partial charge in [-0.25, -0.2) is 0 Å². The Bertz CT molecular complexity index is 483. The summed E-state index contributed by atoms with van der Waals surface area (Å²) in [5.74, 6) is 1.24. The van der Waals surface area contributed by atoms with Gasteiger partial charge in [-0.1, -0.05) is 12.8 Å². The topological polar surface area (TPSA) is 36.3 Å². The summed E-state index contributed by atoms with van der Waals surface area (Å²) in [5, 5.41) is 9.53. The van der Waals surface area contributed by atoms with Crippen LogP contribution in [-0.2, 0) is 4.74 Å². The first kappa shape index (κ1) is 18.2. The zero-order valence-electron chi connectivity index (χ0n) is 14.2. The van der Waals surface area contributed by atoms with E-state index in [0.29, 0.717) is 5.37 Å². The predicted molar refractivity (Wildman–Crippen MR) is 98.9 cm³/mol. The third-order valence-electron chi connectivity index (χ3n) is 4.33. The van der Waals surface area contributed by atoms with Crippen molar-refractivity contribution in [1.29, 1.82) is 5.26 Å². The van der Waals surface area contributed by atoms with Crippen LogP contribution < -0.4 is 4.90 Å². The third-order valence-corrected chi connectivity index (χ3v) is 5.73. The van der Waals surface area contributed by atoms with Crippen LogP contribution in [0, 0.1) is 11.3 Å². The van der Waals surface area contributed by atoms with Gasteiger partial charge in [0.2, 0.25) is 0 Å². The standard InChI is InChI=1S/C19H28N2OS/c1-22-14-6-2-3-7-15-23-19-8-4-5-13-21(19)18-11-9-17(16-20)10-12-18/h9-12,19H,2-8,13-15H2,1H3. The number of piperidine rings is 1. The second kappa shape index (κ2) is 10.6. The molecule has 1 aromatic rings. The average molecular weight is 333 g/mol. The predicted octanol–water partition coefficient (Wildman–Crippen LogP) is 4.81. The van der Waals surface area contributed by atoms with E-state index in [-0.39, 0.29) is 0 Å². The van der Waals surface area contributed by atoms with Crippen LogP contribution in [0.3, 0.4) is 0 Å². The Kier molecular flexibility index (Phi) is 8.35. The van der Waals surface area contributed by atoms with Crippen molar-refractivity contribution in [2.24, 2.45) is 0 Å². The Labute approximate surface area is 145 Å². The van der Waals surface area contributed by atoms with Gasteiger partial charge >= 0.3 is 0 Å². The summed E-state index contributed by atoms with van der Waals surface area (Å²) in [7, 11) is 1.77. The monoisotopic (exact) mass is 332 g/mol. The normalized spacial score (nSPS) is 17.9. The number of anilines is 1. The van der Waals surface area contributed by atoms with Gasteiger partial charge in [-0.05, 0) is 62.1 Å². The number of hydrogen-bond acceptors (Lipinski definition) is 4. The number of nitrogens with zero attached hydrogens (tertiary/aromatic N) is 2.